The quantitative estimate of drug-likeness (QED) is 0.463. The number of carbonyl (C=O) groups excluding carboxylic acids is 1. The standard InChI is InChI=1S/C23H27FN4OS/c1-14-7-8-18(13-15(14)2)21(29)17(4)30-23-26-25-22(16(3)27(5)6)28(23)20-11-9-19(24)10-12-20/h7-13,16-17H,1-6H3/p+1/t16-,17+/m0/s1. The maximum atomic E-state index is 13.5. The summed E-state index contributed by atoms with van der Waals surface area (Å²) in [6.45, 7) is 7.98. The van der Waals surface area contributed by atoms with Gasteiger partial charge in [-0.3, -0.25) is 9.36 Å². The third kappa shape index (κ3) is 4.63. The predicted octanol–water partition coefficient (Wildman–Crippen LogP) is 3.59. The summed E-state index contributed by atoms with van der Waals surface area (Å²) in [6, 6.07) is 12.1. The first-order valence-corrected chi connectivity index (χ1v) is 10.9. The second-order valence-corrected chi connectivity index (χ2v) is 9.18. The van der Waals surface area contributed by atoms with Crippen LogP contribution in [0.25, 0.3) is 5.69 Å². The molecule has 0 amide bonds. The number of halogens is 1. The summed E-state index contributed by atoms with van der Waals surface area (Å²) in [5.74, 6) is 0.520. The molecular weight excluding hydrogens is 399 g/mol. The number of nitrogens with zero attached hydrogens (tertiary/aromatic N) is 3. The van der Waals surface area contributed by atoms with Crippen LogP contribution in [0.4, 0.5) is 4.39 Å². The van der Waals surface area contributed by atoms with Gasteiger partial charge in [0.15, 0.2) is 16.8 Å². The summed E-state index contributed by atoms with van der Waals surface area (Å²) < 4.78 is 15.4. The number of hydrogen-bond donors (Lipinski definition) is 1. The summed E-state index contributed by atoms with van der Waals surface area (Å²) in [4.78, 5) is 14.2. The number of aryl methyl sites for hydroxylation is 2. The normalized spacial score (nSPS) is 13.5. The van der Waals surface area contributed by atoms with Crippen molar-refractivity contribution >= 4 is 17.5 Å². The molecule has 7 heteroatoms. The molecule has 30 heavy (non-hydrogen) atoms. The van der Waals surface area contributed by atoms with E-state index >= 15 is 0 Å². The first-order chi connectivity index (χ1) is 14.2. The lowest BCUT2D eigenvalue weighted by Gasteiger charge is -2.18. The SMILES string of the molecule is Cc1ccc(C(=O)[C@@H](C)Sc2nnc([C@H](C)[NH+](C)C)n2-c2ccc(F)cc2)cc1C. The monoisotopic (exact) mass is 427 g/mol. The van der Waals surface area contributed by atoms with Crippen LogP contribution in [0.2, 0.25) is 0 Å². The lowest BCUT2D eigenvalue weighted by molar-refractivity contribution is -0.890. The van der Waals surface area contributed by atoms with E-state index in [1.807, 2.05) is 57.6 Å². The third-order valence-corrected chi connectivity index (χ3v) is 6.48. The molecule has 0 aliphatic rings. The summed E-state index contributed by atoms with van der Waals surface area (Å²) >= 11 is 1.37. The van der Waals surface area contributed by atoms with E-state index in [4.69, 9.17) is 0 Å². The lowest BCUT2D eigenvalue weighted by atomic mass is 10.0. The van der Waals surface area contributed by atoms with Gasteiger partial charge in [-0.15, -0.1) is 10.2 Å². The minimum Gasteiger partial charge on any atom is -0.331 e. The number of quaternary nitrogens is 1. The van der Waals surface area contributed by atoms with Crippen LogP contribution >= 0.6 is 11.8 Å². The molecule has 2 aromatic carbocycles. The molecule has 1 N–H and O–H groups in total. The highest BCUT2D eigenvalue weighted by molar-refractivity contribution is 8.00. The zero-order chi connectivity index (χ0) is 22.0. The molecule has 1 aromatic heterocycles. The van der Waals surface area contributed by atoms with Crippen molar-refractivity contribution in [3.8, 4) is 5.69 Å². The average Bonchev–Trinajstić information content (AvgIpc) is 3.12. The summed E-state index contributed by atoms with van der Waals surface area (Å²) in [6.07, 6.45) is 0. The van der Waals surface area contributed by atoms with Crippen LogP contribution in [-0.2, 0) is 0 Å². The molecule has 0 unspecified atom stereocenters. The van der Waals surface area contributed by atoms with Crippen LogP contribution in [0.5, 0.6) is 0 Å². The van der Waals surface area contributed by atoms with E-state index in [0.29, 0.717) is 10.7 Å². The largest absolute Gasteiger partial charge is 0.331 e. The molecule has 0 saturated heterocycles. The average molecular weight is 428 g/mol. The van der Waals surface area contributed by atoms with Crippen LogP contribution in [0, 0.1) is 19.7 Å². The molecule has 0 bridgehead atoms. The Hall–Kier alpha value is -2.51. The van der Waals surface area contributed by atoms with Crippen molar-refractivity contribution in [3.05, 3.63) is 70.8 Å². The van der Waals surface area contributed by atoms with Gasteiger partial charge in [0.25, 0.3) is 0 Å². The van der Waals surface area contributed by atoms with Crippen molar-refractivity contribution in [1.82, 2.24) is 14.8 Å². The van der Waals surface area contributed by atoms with Crippen molar-refractivity contribution in [2.45, 2.75) is 44.1 Å². The number of Topliss-reactive ketones (excluding diaryl/α,β-unsaturated/α-hetero) is 1. The first-order valence-electron chi connectivity index (χ1n) is 9.98. The van der Waals surface area contributed by atoms with E-state index in [-0.39, 0.29) is 22.9 Å². The zero-order valence-electron chi connectivity index (χ0n) is 18.2. The number of benzene rings is 2. The summed E-state index contributed by atoms with van der Waals surface area (Å²) in [7, 11) is 4.10. The highest BCUT2D eigenvalue weighted by atomic mass is 32.2. The molecular formula is C23H28FN4OS+. The number of ketones is 1. The van der Waals surface area contributed by atoms with E-state index in [1.165, 1.54) is 28.8 Å². The number of nitrogens with one attached hydrogen (secondary N) is 1. The van der Waals surface area contributed by atoms with Crippen molar-refractivity contribution in [3.63, 3.8) is 0 Å². The Kier molecular flexibility index (Phi) is 6.73. The smallest absolute Gasteiger partial charge is 0.196 e. The molecule has 5 nitrogen and oxygen atoms in total. The predicted molar refractivity (Wildman–Crippen MR) is 118 cm³/mol. The lowest BCUT2D eigenvalue weighted by Crippen LogP contribution is -3.05. The van der Waals surface area contributed by atoms with E-state index in [1.54, 1.807) is 12.1 Å². The van der Waals surface area contributed by atoms with Gasteiger partial charge in [0.05, 0.1) is 19.3 Å². The highest BCUT2D eigenvalue weighted by Crippen LogP contribution is 2.29. The van der Waals surface area contributed by atoms with Gasteiger partial charge in [0.1, 0.15) is 11.9 Å². The van der Waals surface area contributed by atoms with Crippen molar-refractivity contribution < 1.29 is 14.1 Å². The molecule has 2 atom stereocenters. The van der Waals surface area contributed by atoms with Gasteiger partial charge < -0.3 is 4.90 Å². The fraction of sp³-hybridized carbons (Fsp3) is 0.348. The third-order valence-electron chi connectivity index (χ3n) is 5.44. The van der Waals surface area contributed by atoms with Gasteiger partial charge in [-0.25, -0.2) is 4.39 Å². The Morgan fingerprint density at radius 1 is 1.03 bits per heavy atom. The number of rotatable bonds is 7. The van der Waals surface area contributed by atoms with Crippen LogP contribution in [-0.4, -0.2) is 39.9 Å². The Balaban J connectivity index is 1.95. The van der Waals surface area contributed by atoms with E-state index < -0.39 is 0 Å². The minimum atomic E-state index is -0.342. The van der Waals surface area contributed by atoms with E-state index in [2.05, 4.69) is 17.1 Å². The number of carbonyl (C=O) groups is 1. The van der Waals surface area contributed by atoms with Crippen LogP contribution < -0.4 is 4.90 Å². The Morgan fingerprint density at radius 3 is 2.30 bits per heavy atom. The molecule has 158 valence electrons. The molecule has 0 saturated carbocycles. The van der Waals surface area contributed by atoms with Gasteiger partial charge in [0.2, 0.25) is 0 Å². The van der Waals surface area contributed by atoms with E-state index in [9.17, 15) is 9.18 Å². The molecule has 3 rings (SSSR count). The van der Waals surface area contributed by atoms with Crippen LogP contribution in [0.1, 0.15) is 47.2 Å². The molecule has 0 aliphatic carbocycles. The Bertz CT molecular complexity index is 1050. The van der Waals surface area contributed by atoms with Crippen LogP contribution in [0.15, 0.2) is 47.6 Å². The molecule has 0 spiro atoms. The molecule has 3 aromatic rings. The minimum absolute atomic E-state index is 0.0459. The van der Waals surface area contributed by atoms with Gasteiger partial charge in [0, 0.05) is 11.3 Å². The van der Waals surface area contributed by atoms with Crippen molar-refractivity contribution in [2.24, 2.45) is 0 Å². The number of thioether (sulfide) groups is 1. The second kappa shape index (κ2) is 9.10. The van der Waals surface area contributed by atoms with Gasteiger partial charge in [-0.2, -0.15) is 0 Å². The number of aromatic nitrogens is 3. The van der Waals surface area contributed by atoms with Crippen LogP contribution in [0.3, 0.4) is 0 Å². The highest BCUT2D eigenvalue weighted by Gasteiger charge is 2.26. The fourth-order valence-corrected chi connectivity index (χ4v) is 4.02. The Labute approximate surface area is 181 Å². The first kappa shape index (κ1) is 22.2. The summed E-state index contributed by atoms with van der Waals surface area (Å²) in [5.41, 5.74) is 3.72. The summed E-state index contributed by atoms with van der Waals surface area (Å²) in [5, 5.41) is 9.07. The van der Waals surface area contributed by atoms with Crippen molar-refractivity contribution in [1.29, 1.82) is 0 Å². The van der Waals surface area contributed by atoms with Gasteiger partial charge in [-0.1, -0.05) is 23.9 Å². The topological polar surface area (TPSA) is 52.2 Å². The Morgan fingerprint density at radius 2 is 1.70 bits per heavy atom. The fourth-order valence-electron chi connectivity index (χ4n) is 3.07. The zero-order valence-corrected chi connectivity index (χ0v) is 19.0. The molecule has 0 fully saturated rings. The van der Waals surface area contributed by atoms with Gasteiger partial charge >= 0.3 is 0 Å². The maximum Gasteiger partial charge on any atom is 0.196 e. The number of hydrogen-bond acceptors (Lipinski definition) is 4. The van der Waals surface area contributed by atoms with Gasteiger partial charge in [-0.05, 0) is 69.2 Å². The second-order valence-electron chi connectivity index (χ2n) is 7.88. The molecule has 0 radical (unpaired) electrons. The maximum absolute atomic E-state index is 13.5. The molecule has 0 aliphatic heterocycles. The van der Waals surface area contributed by atoms with Crippen molar-refractivity contribution in [2.75, 3.05) is 14.1 Å². The van der Waals surface area contributed by atoms with E-state index in [0.717, 1.165) is 22.6 Å². The molecule has 1 heterocycles.